The number of hydrogen-bond acceptors (Lipinski definition) is 8. The van der Waals surface area contributed by atoms with Crippen molar-refractivity contribution in [3.8, 4) is 0 Å². The number of pyridine rings is 1. The third kappa shape index (κ3) is 4.53. The van der Waals surface area contributed by atoms with Crippen LogP contribution in [0.3, 0.4) is 0 Å². The lowest BCUT2D eigenvalue weighted by Crippen LogP contribution is -2.29. The van der Waals surface area contributed by atoms with E-state index in [1.807, 2.05) is 19.1 Å². The van der Waals surface area contributed by atoms with Crippen LogP contribution in [0, 0.1) is 13.8 Å². The van der Waals surface area contributed by atoms with Gasteiger partial charge in [0.2, 0.25) is 0 Å². The molecular formula is C17H19N7O2. The van der Waals surface area contributed by atoms with Gasteiger partial charge in [-0.2, -0.15) is 0 Å². The average molecular weight is 353 g/mol. The second-order valence-electron chi connectivity index (χ2n) is 5.63. The van der Waals surface area contributed by atoms with Gasteiger partial charge in [-0.05, 0) is 37.6 Å². The molecule has 0 saturated heterocycles. The third-order valence-electron chi connectivity index (χ3n) is 3.54. The Morgan fingerprint density at radius 1 is 1.00 bits per heavy atom. The number of anilines is 3. The van der Waals surface area contributed by atoms with Crippen molar-refractivity contribution in [2.75, 3.05) is 23.7 Å². The van der Waals surface area contributed by atoms with Gasteiger partial charge in [0.05, 0.1) is 6.20 Å². The Labute approximate surface area is 150 Å². The van der Waals surface area contributed by atoms with Gasteiger partial charge in [0.25, 0.3) is 5.91 Å². The molecule has 0 fully saturated rings. The molecule has 0 aliphatic carbocycles. The first kappa shape index (κ1) is 17.3. The molecule has 3 N–H and O–H groups in total. The van der Waals surface area contributed by atoms with Gasteiger partial charge in [0, 0.05) is 19.3 Å². The first-order valence-corrected chi connectivity index (χ1v) is 8.08. The van der Waals surface area contributed by atoms with Crippen molar-refractivity contribution < 1.29 is 9.32 Å². The van der Waals surface area contributed by atoms with E-state index in [0.29, 0.717) is 41.9 Å². The van der Waals surface area contributed by atoms with E-state index < -0.39 is 0 Å². The number of carbonyl (C=O) groups is 1. The van der Waals surface area contributed by atoms with Gasteiger partial charge >= 0.3 is 0 Å². The van der Waals surface area contributed by atoms with Gasteiger partial charge in [-0.25, -0.2) is 4.98 Å². The molecule has 26 heavy (non-hydrogen) atoms. The molecule has 3 heterocycles. The Bertz CT molecular complexity index is 860. The Balaban J connectivity index is 1.43. The SMILES string of the molecule is Cc1ccc(Nc2ccc(NCCNC(=O)c3cnoc3C)nn2)nc1. The zero-order chi connectivity index (χ0) is 18.4. The molecule has 0 aliphatic rings. The highest BCUT2D eigenvalue weighted by atomic mass is 16.5. The number of hydrogen-bond donors (Lipinski definition) is 3. The smallest absolute Gasteiger partial charge is 0.256 e. The molecular weight excluding hydrogens is 334 g/mol. The van der Waals surface area contributed by atoms with Crippen LogP contribution >= 0.6 is 0 Å². The summed E-state index contributed by atoms with van der Waals surface area (Å²) in [5, 5.41) is 20.7. The largest absolute Gasteiger partial charge is 0.367 e. The maximum Gasteiger partial charge on any atom is 0.256 e. The number of nitrogens with one attached hydrogen (secondary N) is 3. The Hall–Kier alpha value is -3.49. The van der Waals surface area contributed by atoms with Gasteiger partial charge in [-0.1, -0.05) is 11.2 Å². The maximum absolute atomic E-state index is 11.9. The van der Waals surface area contributed by atoms with Crippen LogP contribution in [0.1, 0.15) is 21.7 Å². The summed E-state index contributed by atoms with van der Waals surface area (Å²) in [6, 6.07) is 7.45. The van der Waals surface area contributed by atoms with Crippen molar-refractivity contribution in [2.24, 2.45) is 0 Å². The summed E-state index contributed by atoms with van der Waals surface area (Å²) in [6.45, 7) is 4.61. The van der Waals surface area contributed by atoms with E-state index in [-0.39, 0.29) is 5.91 Å². The maximum atomic E-state index is 11.9. The monoisotopic (exact) mass is 353 g/mol. The van der Waals surface area contributed by atoms with Crippen LogP contribution in [-0.2, 0) is 0 Å². The van der Waals surface area contributed by atoms with E-state index in [2.05, 4.69) is 36.3 Å². The van der Waals surface area contributed by atoms with Gasteiger partial charge in [-0.3, -0.25) is 4.79 Å². The summed E-state index contributed by atoms with van der Waals surface area (Å²) in [5.74, 6) is 2.19. The zero-order valence-corrected chi connectivity index (χ0v) is 14.5. The lowest BCUT2D eigenvalue weighted by Gasteiger charge is -2.08. The second-order valence-corrected chi connectivity index (χ2v) is 5.63. The minimum Gasteiger partial charge on any atom is -0.367 e. The molecule has 0 radical (unpaired) electrons. The van der Waals surface area contributed by atoms with Crippen LogP contribution in [-0.4, -0.2) is 39.3 Å². The summed E-state index contributed by atoms with van der Waals surface area (Å²) in [5.41, 5.74) is 1.53. The number of rotatable bonds is 7. The molecule has 0 bridgehead atoms. The van der Waals surface area contributed by atoms with Gasteiger partial charge < -0.3 is 20.5 Å². The summed E-state index contributed by atoms with van der Waals surface area (Å²) in [7, 11) is 0. The predicted molar refractivity (Wildman–Crippen MR) is 96.4 cm³/mol. The van der Waals surface area contributed by atoms with Crippen molar-refractivity contribution >= 4 is 23.4 Å². The summed E-state index contributed by atoms with van der Waals surface area (Å²) < 4.78 is 4.87. The highest BCUT2D eigenvalue weighted by Crippen LogP contribution is 2.12. The molecule has 0 aliphatic heterocycles. The second kappa shape index (κ2) is 8.06. The van der Waals surface area contributed by atoms with Crippen molar-refractivity contribution in [3.63, 3.8) is 0 Å². The quantitative estimate of drug-likeness (QED) is 0.553. The first-order valence-electron chi connectivity index (χ1n) is 8.08. The number of nitrogens with zero attached hydrogens (tertiary/aromatic N) is 4. The van der Waals surface area contributed by atoms with Crippen molar-refractivity contribution in [3.05, 3.63) is 53.5 Å². The van der Waals surface area contributed by atoms with Gasteiger partial charge in [-0.15, -0.1) is 10.2 Å². The van der Waals surface area contributed by atoms with Crippen LogP contribution in [0.2, 0.25) is 0 Å². The molecule has 0 unspecified atom stereocenters. The molecule has 134 valence electrons. The summed E-state index contributed by atoms with van der Waals surface area (Å²) >= 11 is 0. The number of aryl methyl sites for hydroxylation is 2. The van der Waals surface area contributed by atoms with E-state index in [4.69, 9.17) is 4.52 Å². The molecule has 3 aromatic heterocycles. The molecule has 0 aromatic carbocycles. The minimum absolute atomic E-state index is 0.221. The lowest BCUT2D eigenvalue weighted by atomic mass is 10.2. The fourth-order valence-corrected chi connectivity index (χ4v) is 2.14. The molecule has 3 aromatic rings. The Morgan fingerprint density at radius 3 is 2.42 bits per heavy atom. The molecule has 0 saturated carbocycles. The summed E-state index contributed by atoms with van der Waals surface area (Å²) in [4.78, 5) is 16.2. The zero-order valence-electron chi connectivity index (χ0n) is 14.5. The van der Waals surface area contributed by atoms with E-state index >= 15 is 0 Å². The fourth-order valence-electron chi connectivity index (χ4n) is 2.14. The highest BCUT2D eigenvalue weighted by molar-refractivity contribution is 5.94. The van der Waals surface area contributed by atoms with Crippen LogP contribution in [0.15, 0.2) is 41.2 Å². The molecule has 9 heteroatoms. The van der Waals surface area contributed by atoms with Crippen molar-refractivity contribution in [1.82, 2.24) is 25.7 Å². The average Bonchev–Trinajstić information content (AvgIpc) is 3.08. The van der Waals surface area contributed by atoms with E-state index in [9.17, 15) is 4.79 Å². The normalized spacial score (nSPS) is 10.4. The van der Waals surface area contributed by atoms with Crippen LogP contribution in [0.25, 0.3) is 0 Å². The van der Waals surface area contributed by atoms with E-state index in [1.54, 1.807) is 25.3 Å². The Morgan fingerprint density at radius 2 is 1.77 bits per heavy atom. The van der Waals surface area contributed by atoms with Crippen molar-refractivity contribution in [1.29, 1.82) is 0 Å². The van der Waals surface area contributed by atoms with Crippen LogP contribution in [0.5, 0.6) is 0 Å². The van der Waals surface area contributed by atoms with Gasteiger partial charge in [0.1, 0.15) is 23.0 Å². The molecule has 1 amide bonds. The number of carbonyl (C=O) groups excluding carboxylic acids is 1. The van der Waals surface area contributed by atoms with Crippen molar-refractivity contribution in [2.45, 2.75) is 13.8 Å². The molecule has 0 spiro atoms. The third-order valence-corrected chi connectivity index (χ3v) is 3.54. The minimum atomic E-state index is -0.221. The number of aromatic nitrogens is 4. The lowest BCUT2D eigenvalue weighted by molar-refractivity contribution is 0.0953. The molecule has 0 atom stereocenters. The Kier molecular flexibility index (Phi) is 5.37. The van der Waals surface area contributed by atoms with Crippen LogP contribution in [0.4, 0.5) is 17.5 Å². The van der Waals surface area contributed by atoms with E-state index in [0.717, 1.165) is 5.56 Å². The number of amides is 1. The predicted octanol–water partition coefficient (Wildman–Crippen LogP) is 2.06. The molecule has 9 nitrogen and oxygen atoms in total. The van der Waals surface area contributed by atoms with Crippen LogP contribution < -0.4 is 16.0 Å². The molecule has 3 rings (SSSR count). The standard InChI is InChI=1S/C17H19N7O2/c1-11-3-4-14(20-9-11)22-16-6-5-15(23-24-16)18-7-8-19-17(25)13-10-21-26-12(13)2/h3-6,9-10H,7-8H2,1-2H3,(H,18,23)(H,19,25)(H,20,22,24). The topological polar surface area (TPSA) is 118 Å². The fraction of sp³-hybridized carbons (Fsp3) is 0.235. The first-order chi connectivity index (χ1) is 12.6. The highest BCUT2D eigenvalue weighted by Gasteiger charge is 2.11. The summed E-state index contributed by atoms with van der Waals surface area (Å²) in [6.07, 6.45) is 3.18. The van der Waals surface area contributed by atoms with E-state index in [1.165, 1.54) is 6.20 Å². The van der Waals surface area contributed by atoms with Gasteiger partial charge in [0.15, 0.2) is 5.82 Å².